The minimum atomic E-state index is -1.08. The van der Waals surface area contributed by atoms with Crippen molar-refractivity contribution in [1.29, 1.82) is 0 Å². The molecule has 0 aliphatic heterocycles. The molecule has 2 amide bonds. The molecule has 0 aliphatic rings. The molecule has 8 nitrogen and oxygen atoms in total. The second-order valence-electron chi connectivity index (χ2n) is 10.9. The van der Waals surface area contributed by atoms with Gasteiger partial charge in [-0.15, -0.1) is 0 Å². The van der Waals surface area contributed by atoms with Crippen molar-refractivity contribution in [3.63, 3.8) is 0 Å². The van der Waals surface area contributed by atoms with Gasteiger partial charge in [0.05, 0.1) is 24.2 Å². The molecule has 1 aromatic heterocycles. The number of carboxylic acid groups (broad SMARTS) is 1. The van der Waals surface area contributed by atoms with Gasteiger partial charge in [-0.05, 0) is 50.8 Å². The molecule has 2 rings (SSSR count). The zero-order valence-electron chi connectivity index (χ0n) is 21.7. The highest BCUT2D eigenvalue weighted by atomic mass is 16.5. The molecule has 1 aromatic carbocycles. The van der Waals surface area contributed by atoms with Crippen LogP contribution < -0.4 is 15.6 Å². The molecule has 0 spiro atoms. The number of nitrogens with one attached hydrogen (secondary N) is 1. The van der Waals surface area contributed by atoms with Gasteiger partial charge in [-0.25, -0.2) is 4.79 Å². The Morgan fingerprint density at radius 2 is 1.76 bits per heavy atom. The zero-order valence-corrected chi connectivity index (χ0v) is 21.7. The third-order valence-electron chi connectivity index (χ3n) is 5.37. The van der Waals surface area contributed by atoms with E-state index < -0.39 is 11.6 Å². The largest absolute Gasteiger partial charge is 0.491 e. The van der Waals surface area contributed by atoms with Gasteiger partial charge in [0.25, 0.3) is 5.56 Å². The number of rotatable bonds is 8. The molecule has 0 atom stereocenters. The summed E-state index contributed by atoms with van der Waals surface area (Å²) in [6, 6.07) is 5.12. The third-order valence-corrected chi connectivity index (χ3v) is 5.37. The van der Waals surface area contributed by atoms with Crippen LogP contribution in [0.3, 0.4) is 0 Å². The Bertz CT molecular complexity index is 1110. The highest BCUT2D eigenvalue weighted by Crippen LogP contribution is 2.34. The van der Waals surface area contributed by atoms with Gasteiger partial charge in [-0.1, -0.05) is 34.1 Å². The van der Waals surface area contributed by atoms with Gasteiger partial charge >= 0.3 is 6.09 Å². The van der Waals surface area contributed by atoms with E-state index in [1.54, 1.807) is 22.8 Å². The van der Waals surface area contributed by atoms with Gasteiger partial charge in [-0.3, -0.25) is 14.5 Å². The summed E-state index contributed by atoms with van der Waals surface area (Å²) in [7, 11) is 0. The molecule has 0 unspecified atom stereocenters. The molecular formula is C26H39N3O5. The Hall–Kier alpha value is -3.03. The Kier molecular flexibility index (Phi) is 8.40. The summed E-state index contributed by atoms with van der Waals surface area (Å²) in [5.41, 5.74) is -0.0801. The molecule has 0 saturated carbocycles. The molecule has 2 aromatic rings. The van der Waals surface area contributed by atoms with E-state index >= 15 is 0 Å². The lowest BCUT2D eigenvalue weighted by atomic mass is 9.95. The number of ether oxygens (including phenoxy) is 1. The van der Waals surface area contributed by atoms with E-state index in [0.29, 0.717) is 41.1 Å². The Morgan fingerprint density at radius 3 is 2.26 bits per heavy atom. The van der Waals surface area contributed by atoms with Crippen molar-refractivity contribution in [3.05, 3.63) is 34.2 Å². The fraction of sp³-hybridized carbons (Fsp3) is 0.577. The lowest BCUT2D eigenvalue weighted by Gasteiger charge is -2.35. The van der Waals surface area contributed by atoms with Crippen LogP contribution in [0.2, 0.25) is 0 Å². The van der Waals surface area contributed by atoms with Crippen molar-refractivity contribution in [1.82, 2.24) is 9.47 Å². The van der Waals surface area contributed by atoms with Gasteiger partial charge in [0, 0.05) is 30.1 Å². The van der Waals surface area contributed by atoms with Gasteiger partial charge in [-0.2, -0.15) is 0 Å². The fourth-order valence-electron chi connectivity index (χ4n) is 3.77. The first-order valence-corrected chi connectivity index (χ1v) is 11.8. The molecule has 2 N–H and O–H groups in total. The Labute approximate surface area is 201 Å². The van der Waals surface area contributed by atoms with Crippen LogP contribution in [0.15, 0.2) is 23.0 Å². The number of pyridine rings is 1. The molecule has 0 radical (unpaired) electrons. The number of hydrogen-bond donors (Lipinski definition) is 2. The quantitative estimate of drug-likeness (QED) is 0.496. The van der Waals surface area contributed by atoms with Gasteiger partial charge in [0.2, 0.25) is 5.91 Å². The number of amides is 2. The van der Waals surface area contributed by atoms with Crippen LogP contribution in [0.5, 0.6) is 5.75 Å². The van der Waals surface area contributed by atoms with Crippen LogP contribution in [-0.4, -0.2) is 38.7 Å². The van der Waals surface area contributed by atoms with Crippen molar-refractivity contribution >= 4 is 28.5 Å². The molecule has 0 aliphatic carbocycles. The second-order valence-corrected chi connectivity index (χ2v) is 10.9. The second kappa shape index (κ2) is 10.5. The SMILES string of the molecule is CCCCOc1c(CN(C(=O)O)C(C)(C)C)n(CC(C)(C)C)c(=O)c2ccc(NC(C)=O)cc12. The molecular weight excluding hydrogens is 434 g/mol. The number of nitrogens with zero attached hydrogens (tertiary/aromatic N) is 2. The topological polar surface area (TPSA) is 101 Å². The van der Waals surface area contributed by atoms with E-state index in [-0.39, 0.29) is 23.4 Å². The van der Waals surface area contributed by atoms with Crippen LogP contribution in [0.25, 0.3) is 10.8 Å². The smallest absolute Gasteiger partial charge is 0.408 e. The molecule has 0 saturated heterocycles. The normalized spacial score (nSPS) is 12.0. The van der Waals surface area contributed by atoms with E-state index in [0.717, 1.165) is 12.8 Å². The number of unbranched alkanes of at least 4 members (excludes halogenated alkanes) is 1. The lowest BCUT2D eigenvalue weighted by molar-refractivity contribution is -0.114. The number of carbonyl (C=O) groups is 2. The first-order chi connectivity index (χ1) is 15.7. The fourth-order valence-corrected chi connectivity index (χ4v) is 3.77. The van der Waals surface area contributed by atoms with E-state index in [4.69, 9.17) is 4.74 Å². The molecule has 188 valence electrons. The van der Waals surface area contributed by atoms with Crippen molar-refractivity contribution < 1.29 is 19.4 Å². The number of aromatic nitrogens is 1. The van der Waals surface area contributed by atoms with Crippen molar-refractivity contribution in [2.24, 2.45) is 5.41 Å². The highest BCUT2D eigenvalue weighted by molar-refractivity contribution is 5.95. The van der Waals surface area contributed by atoms with Crippen molar-refractivity contribution in [2.45, 2.75) is 86.9 Å². The van der Waals surface area contributed by atoms with Crippen LogP contribution in [0.1, 0.15) is 73.9 Å². The standard InChI is InChI=1S/C26H39N3O5/c1-9-10-13-34-22-20-14-18(27-17(2)30)11-12-19(20)23(31)28(16-25(3,4)5)21(22)15-29(24(32)33)26(6,7)8/h11-12,14H,9-10,13,15-16H2,1-8H3,(H,27,30)(H,32,33). The number of carbonyl (C=O) groups excluding carboxylic acids is 1. The molecule has 0 bridgehead atoms. The number of benzene rings is 1. The number of hydrogen-bond acceptors (Lipinski definition) is 4. The average Bonchev–Trinajstić information content (AvgIpc) is 2.67. The summed E-state index contributed by atoms with van der Waals surface area (Å²) in [4.78, 5) is 38.8. The van der Waals surface area contributed by atoms with Gasteiger partial charge < -0.3 is 19.7 Å². The summed E-state index contributed by atoms with van der Waals surface area (Å²) >= 11 is 0. The van der Waals surface area contributed by atoms with Crippen LogP contribution in [-0.2, 0) is 17.9 Å². The molecule has 34 heavy (non-hydrogen) atoms. The first-order valence-electron chi connectivity index (χ1n) is 11.8. The molecule has 8 heteroatoms. The maximum absolute atomic E-state index is 13.7. The Morgan fingerprint density at radius 1 is 1.12 bits per heavy atom. The van der Waals surface area contributed by atoms with Gasteiger partial charge in [0.1, 0.15) is 5.75 Å². The lowest BCUT2D eigenvalue weighted by Crippen LogP contribution is -2.45. The summed E-state index contributed by atoms with van der Waals surface area (Å²) < 4.78 is 7.92. The summed E-state index contributed by atoms with van der Waals surface area (Å²) in [6.45, 7) is 15.9. The third kappa shape index (κ3) is 6.74. The van der Waals surface area contributed by atoms with E-state index in [9.17, 15) is 19.5 Å². The predicted octanol–water partition coefficient (Wildman–Crippen LogP) is 5.46. The van der Waals surface area contributed by atoms with E-state index in [2.05, 4.69) is 12.2 Å². The number of anilines is 1. The summed E-state index contributed by atoms with van der Waals surface area (Å²) in [5.74, 6) is 0.258. The predicted molar refractivity (Wildman–Crippen MR) is 136 cm³/mol. The maximum atomic E-state index is 13.7. The van der Waals surface area contributed by atoms with Crippen LogP contribution >= 0.6 is 0 Å². The van der Waals surface area contributed by atoms with Crippen molar-refractivity contribution in [3.8, 4) is 5.75 Å². The number of fused-ring (bicyclic) bond motifs is 1. The Balaban J connectivity index is 2.92. The summed E-state index contributed by atoms with van der Waals surface area (Å²) in [5, 5.41) is 13.8. The summed E-state index contributed by atoms with van der Waals surface area (Å²) in [6.07, 6.45) is 0.663. The highest BCUT2D eigenvalue weighted by Gasteiger charge is 2.31. The van der Waals surface area contributed by atoms with Crippen LogP contribution in [0, 0.1) is 5.41 Å². The molecule has 1 heterocycles. The average molecular weight is 474 g/mol. The minimum Gasteiger partial charge on any atom is -0.491 e. The van der Waals surface area contributed by atoms with Crippen molar-refractivity contribution in [2.75, 3.05) is 11.9 Å². The van der Waals surface area contributed by atoms with E-state index in [1.807, 2.05) is 41.5 Å². The first kappa shape index (κ1) is 27.2. The maximum Gasteiger partial charge on any atom is 0.408 e. The van der Waals surface area contributed by atoms with Crippen LogP contribution in [0.4, 0.5) is 10.5 Å². The zero-order chi connectivity index (χ0) is 25.8. The molecule has 0 fully saturated rings. The van der Waals surface area contributed by atoms with Gasteiger partial charge in [0.15, 0.2) is 0 Å². The monoisotopic (exact) mass is 473 g/mol. The van der Waals surface area contributed by atoms with E-state index in [1.165, 1.54) is 11.8 Å². The minimum absolute atomic E-state index is 0.00802.